The Balaban J connectivity index is 1.81. The summed E-state index contributed by atoms with van der Waals surface area (Å²) in [7, 11) is 0. The lowest BCUT2D eigenvalue weighted by atomic mass is 9.97. The molecule has 0 unspecified atom stereocenters. The number of carboxylic acids is 1. The van der Waals surface area contributed by atoms with Gasteiger partial charge in [0.05, 0.1) is 0 Å². The van der Waals surface area contributed by atoms with E-state index in [-0.39, 0.29) is 18.4 Å². The van der Waals surface area contributed by atoms with Crippen molar-refractivity contribution in [2.45, 2.75) is 52.0 Å². The van der Waals surface area contributed by atoms with Crippen LogP contribution in [0.5, 0.6) is 0 Å². The van der Waals surface area contributed by atoms with E-state index in [4.69, 9.17) is 4.74 Å². The van der Waals surface area contributed by atoms with Crippen molar-refractivity contribution in [1.82, 2.24) is 4.90 Å². The van der Waals surface area contributed by atoms with Gasteiger partial charge in [-0.25, -0.2) is 9.59 Å². The molecule has 1 amide bonds. The standard InChI is InChI=1S/C25H31NO4/c1-4-6-15-26(23(24(27)28)17(3)5-2)25(29)30-16-22-20-13-9-7-11-18(20)19-12-8-10-14-21(19)22/h7-14,17,22-23H,4-6,15-16H2,1-3H3,(H,27,28)/t17-,23-/m0/s1. The molecule has 1 aliphatic carbocycles. The molecule has 0 heterocycles. The molecule has 0 saturated carbocycles. The minimum absolute atomic E-state index is 0.0405. The van der Waals surface area contributed by atoms with Gasteiger partial charge in [0.25, 0.3) is 0 Å². The summed E-state index contributed by atoms with van der Waals surface area (Å²) in [5.41, 5.74) is 4.62. The summed E-state index contributed by atoms with van der Waals surface area (Å²) in [6.07, 6.45) is 1.75. The normalized spacial score (nSPS) is 14.5. The first-order chi connectivity index (χ1) is 14.5. The molecule has 0 bridgehead atoms. The van der Waals surface area contributed by atoms with Gasteiger partial charge in [-0.15, -0.1) is 0 Å². The minimum Gasteiger partial charge on any atom is -0.480 e. The van der Waals surface area contributed by atoms with Crippen molar-refractivity contribution < 1.29 is 19.4 Å². The van der Waals surface area contributed by atoms with E-state index >= 15 is 0 Å². The van der Waals surface area contributed by atoms with E-state index in [0.717, 1.165) is 24.0 Å². The Bertz CT molecular complexity index is 849. The lowest BCUT2D eigenvalue weighted by molar-refractivity contribution is -0.144. The molecule has 0 fully saturated rings. The number of amides is 1. The number of unbranched alkanes of at least 4 members (excludes halogenated alkanes) is 1. The SMILES string of the molecule is CCCCN(C(=O)OCC1c2ccccc2-c2ccccc21)[C@H](C(=O)O)[C@@H](C)CC. The maximum atomic E-state index is 13.0. The quantitative estimate of drug-likeness (QED) is 0.591. The van der Waals surface area contributed by atoms with Crippen LogP contribution in [0, 0.1) is 5.92 Å². The number of fused-ring (bicyclic) bond motifs is 3. The largest absolute Gasteiger partial charge is 0.480 e. The summed E-state index contributed by atoms with van der Waals surface area (Å²) in [6, 6.07) is 15.5. The molecule has 0 radical (unpaired) electrons. The van der Waals surface area contributed by atoms with Gasteiger partial charge < -0.3 is 9.84 Å². The van der Waals surface area contributed by atoms with Crippen molar-refractivity contribution in [1.29, 1.82) is 0 Å². The van der Waals surface area contributed by atoms with Crippen molar-refractivity contribution in [3.05, 3.63) is 59.7 Å². The fourth-order valence-corrected chi connectivity index (χ4v) is 4.26. The number of ether oxygens (including phenoxy) is 1. The van der Waals surface area contributed by atoms with E-state index in [1.165, 1.54) is 16.0 Å². The van der Waals surface area contributed by atoms with Crippen LogP contribution in [0.2, 0.25) is 0 Å². The molecule has 0 spiro atoms. The van der Waals surface area contributed by atoms with Crippen molar-refractivity contribution in [2.24, 2.45) is 5.92 Å². The minimum atomic E-state index is -0.978. The molecule has 2 aromatic carbocycles. The number of hydrogen-bond donors (Lipinski definition) is 1. The number of benzene rings is 2. The number of nitrogens with zero attached hydrogens (tertiary/aromatic N) is 1. The maximum absolute atomic E-state index is 13.0. The van der Waals surface area contributed by atoms with E-state index in [1.807, 2.05) is 45.0 Å². The van der Waals surface area contributed by atoms with Crippen LogP contribution in [0.25, 0.3) is 11.1 Å². The first kappa shape index (κ1) is 21.9. The summed E-state index contributed by atoms with van der Waals surface area (Å²) in [5, 5.41) is 9.78. The van der Waals surface area contributed by atoms with Gasteiger partial charge in [0, 0.05) is 12.5 Å². The number of carbonyl (C=O) groups excluding carboxylic acids is 1. The molecule has 1 N–H and O–H groups in total. The van der Waals surface area contributed by atoms with E-state index in [1.54, 1.807) is 0 Å². The van der Waals surface area contributed by atoms with Gasteiger partial charge in [0.15, 0.2) is 0 Å². The van der Waals surface area contributed by atoms with Crippen molar-refractivity contribution >= 4 is 12.1 Å². The predicted octanol–water partition coefficient (Wildman–Crippen LogP) is 5.54. The Morgan fingerprint density at radius 1 is 1.03 bits per heavy atom. The third kappa shape index (κ3) is 4.35. The molecule has 160 valence electrons. The fourth-order valence-electron chi connectivity index (χ4n) is 4.26. The van der Waals surface area contributed by atoms with Gasteiger partial charge in [-0.05, 0) is 34.6 Å². The zero-order valence-corrected chi connectivity index (χ0v) is 18.0. The third-order valence-electron chi connectivity index (χ3n) is 6.09. The molecule has 2 aromatic rings. The second kappa shape index (κ2) is 9.79. The third-order valence-corrected chi connectivity index (χ3v) is 6.09. The molecule has 30 heavy (non-hydrogen) atoms. The fraction of sp³-hybridized carbons (Fsp3) is 0.440. The molecule has 2 atom stereocenters. The molecule has 3 rings (SSSR count). The number of hydrogen-bond acceptors (Lipinski definition) is 3. The van der Waals surface area contributed by atoms with Gasteiger partial charge in [-0.1, -0.05) is 82.1 Å². The van der Waals surface area contributed by atoms with E-state index in [9.17, 15) is 14.7 Å². The average molecular weight is 410 g/mol. The van der Waals surface area contributed by atoms with Crippen LogP contribution < -0.4 is 0 Å². The molecular weight excluding hydrogens is 378 g/mol. The number of aliphatic carboxylic acids is 1. The zero-order chi connectivity index (χ0) is 21.7. The van der Waals surface area contributed by atoms with Gasteiger partial charge >= 0.3 is 12.1 Å². The lowest BCUT2D eigenvalue weighted by Gasteiger charge is -2.32. The van der Waals surface area contributed by atoms with Crippen LogP contribution in [0.15, 0.2) is 48.5 Å². The first-order valence-electron chi connectivity index (χ1n) is 10.8. The highest BCUT2D eigenvalue weighted by Crippen LogP contribution is 2.44. The Kier molecular flexibility index (Phi) is 7.14. The summed E-state index contributed by atoms with van der Waals surface area (Å²) in [4.78, 5) is 26.4. The van der Waals surface area contributed by atoms with E-state index in [2.05, 4.69) is 24.3 Å². The monoisotopic (exact) mass is 409 g/mol. The molecule has 1 aliphatic rings. The highest BCUT2D eigenvalue weighted by molar-refractivity contribution is 5.81. The van der Waals surface area contributed by atoms with Crippen LogP contribution in [0.4, 0.5) is 4.79 Å². The molecule has 5 heteroatoms. The van der Waals surface area contributed by atoms with E-state index < -0.39 is 18.1 Å². The second-order valence-electron chi connectivity index (χ2n) is 8.02. The summed E-state index contributed by atoms with van der Waals surface area (Å²) in [5.74, 6) is -1.17. The van der Waals surface area contributed by atoms with Crippen molar-refractivity contribution in [3.8, 4) is 11.1 Å². The Morgan fingerprint density at radius 3 is 2.10 bits per heavy atom. The molecule has 0 saturated heterocycles. The smallest absolute Gasteiger partial charge is 0.410 e. The number of carboxylic acid groups (broad SMARTS) is 1. The van der Waals surface area contributed by atoms with Crippen LogP contribution in [-0.2, 0) is 9.53 Å². The summed E-state index contributed by atoms with van der Waals surface area (Å²) < 4.78 is 5.75. The van der Waals surface area contributed by atoms with E-state index in [0.29, 0.717) is 13.0 Å². The van der Waals surface area contributed by atoms with Crippen molar-refractivity contribution in [3.63, 3.8) is 0 Å². The van der Waals surface area contributed by atoms with Gasteiger partial charge in [-0.2, -0.15) is 0 Å². The Labute approximate surface area is 178 Å². The maximum Gasteiger partial charge on any atom is 0.410 e. The van der Waals surface area contributed by atoms with Crippen LogP contribution in [0.3, 0.4) is 0 Å². The predicted molar refractivity (Wildman–Crippen MR) is 118 cm³/mol. The zero-order valence-electron chi connectivity index (χ0n) is 18.0. The summed E-state index contributed by atoms with van der Waals surface area (Å²) in [6.45, 7) is 6.41. The topological polar surface area (TPSA) is 66.8 Å². The molecular formula is C25H31NO4. The Hall–Kier alpha value is -2.82. The molecule has 5 nitrogen and oxygen atoms in total. The first-order valence-corrected chi connectivity index (χ1v) is 10.8. The second-order valence-corrected chi connectivity index (χ2v) is 8.02. The number of rotatable bonds is 9. The molecule has 0 aliphatic heterocycles. The van der Waals surface area contributed by atoms with Crippen LogP contribution >= 0.6 is 0 Å². The van der Waals surface area contributed by atoms with Gasteiger partial charge in [0.2, 0.25) is 0 Å². The van der Waals surface area contributed by atoms with Crippen LogP contribution in [0.1, 0.15) is 57.1 Å². The van der Waals surface area contributed by atoms with Crippen molar-refractivity contribution in [2.75, 3.05) is 13.2 Å². The van der Waals surface area contributed by atoms with Crippen LogP contribution in [-0.4, -0.2) is 41.3 Å². The highest BCUT2D eigenvalue weighted by atomic mass is 16.6. The molecule has 0 aromatic heterocycles. The average Bonchev–Trinajstić information content (AvgIpc) is 3.08. The Morgan fingerprint density at radius 2 is 1.60 bits per heavy atom. The van der Waals surface area contributed by atoms with Gasteiger partial charge in [0.1, 0.15) is 12.6 Å². The number of carbonyl (C=O) groups is 2. The highest BCUT2D eigenvalue weighted by Gasteiger charge is 2.35. The summed E-state index contributed by atoms with van der Waals surface area (Å²) >= 11 is 0. The lowest BCUT2D eigenvalue weighted by Crippen LogP contribution is -2.49. The van der Waals surface area contributed by atoms with Gasteiger partial charge in [-0.3, -0.25) is 4.90 Å².